The highest BCUT2D eigenvalue weighted by Gasteiger charge is 2.34. The Kier molecular flexibility index (Phi) is 44.8. The van der Waals surface area contributed by atoms with Gasteiger partial charge in [0.2, 0.25) is 41.4 Å². The Bertz CT molecular complexity index is 1540. The Morgan fingerprint density at radius 1 is 0.303 bits per heavy atom. The van der Waals surface area contributed by atoms with Crippen molar-refractivity contribution >= 4 is 41.4 Å². The van der Waals surface area contributed by atoms with Gasteiger partial charge in [-0.15, -0.1) is 0 Å². The Hall–Kier alpha value is -3.83. The van der Waals surface area contributed by atoms with Gasteiger partial charge in [0.15, 0.2) is 0 Å². The second-order valence-electron chi connectivity index (χ2n) is 23.3. The van der Waals surface area contributed by atoms with Gasteiger partial charge in [0, 0.05) is 84.2 Å². The SMILES string of the molecule is CCCCC(=O)NCCCCCNC(=O)CCOCC(COCCC(=O)NCCCCCNC(=O)CCC)(COCCC(=O)NCCCCCNC(=O)CCC(C)(C)C)NC(=O)CCCCCCCCCCC(C)(C)C. The van der Waals surface area contributed by atoms with Crippen LogP contribution in [0.5, 0.6) is 0 Å². The monoisotopic (exact) mass is 1080 g/mol. The van der Waals surface area contributed by atoms with Crippen LogP contribution in [-0.2, 0) is 47.8 Å². The summed E-state index contributed by atoms with van der Waals surface area (Å²) < 4.78 is 18.4. The van der Waals surface area contributed by atoms with E-state index in [1.807, 2.05) is 6.92 Å². The summed E-state index contributed by atoms with van der Waals surface area (Å²) in [6.07, 6.45) is 23.2. The zero-order valence-electron chi connectivity index (χ0n) is 49.6. The predicted molar refractivity (Wildman–Crippen MR) is 306 cm³/mol. The van der Waals surface area contributed by atoms with E-state index < -0.39 is 5.54 Å². The number of rotatable bonds is 51. The largest absolute Gasteiger partial charge is 0.378 e. The van der Waals surface area contributed by atoms with Crippen molar-refractivity contribution in [3.05, 3.63) is 0 Å². The summed E-state index contributed by atoms with van der Waals surface area (Å²) >= 11 is 0. The molecule has 7 N–H and O–H groups in total. The van der Waals surface area contributed by atoms with Crippen LogP contribution in [0.4, 0.5) is 0 Å². The van der Waals surface area contributed by atoms with Crippen molar-refractivity contribution in [3.8, 4) is 0 Å². The standard InChI is InChI=1S/C59H113N7O10/c1-9-11-30-51(68)61-39-24-19-27-42-64-54(71)34-45-75-48-59(66-56(73)31-21-16-14-12-13-15-17-22-36-57(3,4)5,47-74-44-33-53(70)63-41-26-18-23-38-60-50(67)29-10-2)49-76-46-35-55(72)65-43-28-20-25-40-62-52(69)32-37-58(6,7)8/h9-49H2,1-8H3,(H,60,67)(H,61,68)(H,62,69)(H,63,70)(H,64,71)(H,65,72)(H,66,73). The van der Waals surface area contributed by atoms with Crippen molar-refractivity contribution in [1.82, 2.24) is 37.2 Å². The number of ether oxygens (including phenoxy) is 3. The van der Waals surface area contributed by atoms with Gasteiger partial charge < -0.3 is 51.4 Å². The molecule has 0 heterocycles. The molecule has 1 atom stereocenters. The van der Waals surface area contributed by atoms with Crippen LogP contribution < -0.4 is 37.2 Å². The van der Waals surface area contributed by atoms with Crippen LogP contribution in [0.1, 0.15) is 242 Å². The normalized spacial score (nSPS) is 12.4. The first-order valence-corrected chi connectivity index (χ1v) is 29.9. The summed E-state index contributed by atoms with van der Waals surface area (Å²) in [5.41, 5.74) is -0.686. The third-order valence-corrected chi connectivity index (χ3v) is 12.9. The predicted octanol–water partition coefficient (Wildman–Crippen LogP) is 9.03. The second kappa shape index (κ2) is 47.2. The van der Waals surface area contributed by atoms with Crippen molar-refractivity contribution in [1.29, 1.82) is 0 Å². The minimum atomic E-state index is -1.17. The van der Waals surface area contributed by atoms with Crippen LogP contribution in [0.25, 0.3) is 0 Å². The van der Waals surface area contributed by atoms with Gasteiger partial charge in [0.05, 0.1) is 39.6 Å². The molecule has 0 bridgehead atoms. The number of hydrogen-bond acceptors (Lipinski definition) is 10. The molecule has 0 aliphatic rings. The molecule has 444 valence electrons. The molecule has 17 nitrogen and oxygen atoms in total. The first kappa shape index (κ1) is 72.2. The third kappa shape index (κ3) is 49.7. The number of carbonyl (C=O) groups excluding carboxylic acids is 7. The molecule has 0 aromatic carbocycles. The minimum absolute atomic E-state index is 0.0282. The molecule has 0 saturated carbocycles. The maximum Gasteiger partial charge on any atom is 0.222 e. The van der Waals surface area contributed by atoms with Gasteiger partial charge >= 0.3 is 0 Å². The number of hydrogen-bond donors (Lipinski definition) is 7. The zero-order valence-corrected chi connectivity index (χ0v) is 49.6. The molecule has 0 saturated heterocycles. The van der Waals surface area contributed by atoms with Crippen LogP contribution >= 0.6 is 0 Å². The quantitative estimate of drug-likeness (QED) is 0.0286. The number of nitrogens with one attached hydrogen (secondary N) is 7. The molecular weight excluding hydrogens is 967 g/mol. The fourth-order valence-corrected chi connectivity index (χ4v) is 8.12. The van der Waals surface area contributed by atoms with Gasteiger partial charge in [-0.2, -0.15) is 0 Å². The topological polar surface area (TPSA) is 231 Å². The summed E-state index contributed by atoms with van der Waals surface area (Å²) in [6.45, 7) is 20.8. The van der Waals surface area contributed by atoms with E-state index in [1.165, 1.54) is 32.1 Å². The maximum absolute atomic E-state index is 13.7. The highest BCUT2D eigenvalue weighted by Crippen LogP contribution is 2.23. The first-order chi connectivity index (χ1) is 36.3. The molecule has 0 aliphatic carbocycles. The highest BCUT2D eigenvalue weighted by atomic mass is 16.5. The molecule has 0 fully saturated rings. The molecule has 17 heteroatoms. The summed E-state index contributed by atoms with van der Waals surface area (Å²) in [4.78, 5) is 87.8. The van der Waals surface area contributed by atoms with E-state index in [2.05, 4.69) is 85.7 Å². The maximum atomic E-state index is 13.7. The Morgan fingerprint density at radius 2 is 0.605 bits per heavy atom. The summed E-state index contributed by atoms with van der Waals surface area (Å²) in [7, 11) is 0. The molecule has 0 aromatic heterocycles. The van der Waals surface area contributed by atoms with Crippen LogP contribution in [0.15, 0.2) is 0 Å². The molecule has 0 spiro atoms. The molecule has 76 heavy (non-hydrogen) atoms. The van der Waals surface area contributed by atoms with Crippen molar-refractivity contribution in [2.45, 2.75) is 247 Å². The van der Waals surface area contributed by atoms with E-state index in [9.17, 15) is 33.6 Å². The van der Waals surface area contributed by atoms with Gasteiger partial charge in [0.1, 0.15) is 5.54 Å². The number of amides is 7. The third-order valence-electron chi connectivity index (χ3n) is 12.9. The van der Waals surface area contributed by atoms with Crippen LogP contribution in [0.2, 0.25) is 0 Å². The van der Waals surface area contributed by atoms with Crippen LogP contribution in [-0.4, -0.2) is 126 Å². The lowest BCUT2D eigenvalue weighted by molar-refractivity contribution is -0.130. The first-order valence-electron chi connectivity index (χ1n) is 29.9. The van der Waals surface area contributed by atoms with Crippen molar-refractivity contribution in [2.24, 2.45) is 10.8 Å². The number of carbonyl (C=O) groups is 7. The van der Waals surface area contributed by atoms with Crippen LogP contribution in [0, 0.1) is 10.8 Å². The van der Waals surface area contributed by atoms with Crippen molar-refractivity contribution in [3.63, 3.8) is 0 Å². The van der Waals surface area contributed by atoms with E-state index >= 15 is 0 Å². The Labute approximate surface area is 461 Å². The van der Waals surface area contributed by atoms with Crippen molar-refractivity contribution < 1.29 is 47.8 Å². The van der Waals surface area contributed by atoms with Crippen molar-refractivity contribution in [2.75, 3.05) is 78.9 Å². The van der Waals surface area contributed by atoms with Gasteiger partial charge in [-0.25, -0.2) is 0 Å². The Morgan fingerprint density at radius 3 is 0.961 bits per heavy atom. The van der Waals surface area contributed by atoms with E-state index in [-0.39, 0.29) is 106 Å². The molecular formula is C59H113N7O10. The lowest BCUT2D eigenvalue weighted by Crippen LogP contribution is -2.58. The molecule has 0 radical (unpaired) electrons. The average molecular weight is 1080 g/mol. The van der Waals surface area contributed by atoms with Crippen LogP contribution in [0.3, 0.4) is 0 Å². The van der Waals surface area contributed by atoms with Gasteiger partial charge in [-0.1, -0.05) is 107 Å². The van der Waals surface area contributed by atoms with E-state index in [4.69, 9.17) is 14.2 Å². The molecule has 7 amide bonds. The molecule has 1 unspecified atom stereocenters. The average Bonchev–Trinajstić information content (AvgIpc) is 3.35. The number of unbranched alkanes of at least 4 members (excludes halogenated alkanes) is 14. The minimum Gasteiger partial charge on any atom is -0.378 e. The zero-order chi connectivity index (χ0) is 56.6. The van der Waals surface area contributed by atoms with E-state index in [1.54, 1.807) is 0 Å². The summed E-state index contributed by atoms with van der Waals surface area (Å²) in [5.74, 6) is -0.447. The second-order valence-corrected chi connectivity index (χ2v) is 23.3. The molecule has 0 aliphatic heterocycles. The highest BCUT2D eigenvalue weighted by molar-refractivity contribution is 5.78. The lowest BCUT2D eigenvalue weighted by atomic mass is 9.89. The van der Waals surface area contributed by atoms with Gasteiger partial charge in [0.25, 0.3) is 0 Å². The van der Waals surface area contributed by atoms with E-state index in [0.29, 0.717) is 70.4 Å². The lowest BCUT2D eigenvalue weighted by Gasteiger charge is -2.34. The fraction of sp³-hybridized carbons (Fsp3) is 0.881. The van der Waals surface area contributed by atoms with E-state index in [0.717, 1.165) is 109 Å². The van der Waals surface area contributed by atoms with Gasteiger partial charge in [-0.3, -0.25) is 33.6 Å². The molecule has 0 rings (SSSR count). The summed E-state index contributed by atoms with van der Waals surface area (Å²) in [5, 5.41) is 20.8. The molecule has 0 aromatic rings. The smallest absolute Gasteiger partial charge is 0.222 e. The summed E-state index contributed by atoms with van der Waals surface area (Å²) in [6, 6.07) is 0. The van der Waals surface area contributed by atoms with Gasteiger partial charge in [-0.05, 0) is 101 Å². The fourth-order valence-electron chi connectivity index (χ4n) is 8.12. The Balaban J connectivity index is 5.51.